The topological polar surface area (TPSA) is 63.4 Å². The Hall–Kier alpha value is -0.900. The molecule has 0 atom stereocenters. The fraction of sp³-hybridized carbons (Fsp3) is 0.875. The zero-order chi connectivity index (χ0) is 14.4. The number of amides is 2. The van der Waals surface area contributed by atoms with E-state index in [9.17, 15) is 9.59 Å². The van der Waals surface area contributed by atoms with Crippen LogP contribution in [0.4, 0.5) is 0 Å². The number of hydrogen-bond acceptors (Lipinski definition) is 3. The summed E-state index contributed by atoms with van der Waals surface area (Å²) in [5.41, 5.74) is 5.62. The molecule has 4 nitrogen and oxygen atoms in total. The Morgan fingerprint density at radius 3 is 1.55 bits per heavy atom. The van der Waals surface area contributed by atoms with Gasteiger partial charge in [0.15, 0.2) is 0 Å². The summed E-state index contributed by atoms with van der Waals surface area (Å²) in [7, 11) is 0. The first kappa shape index (κ1) is 15.5. The van der Waals surface area contributed by atoms with Crippen LogP contribution in [0.5, 0.6) is 0 Å². The van der Waals surface area contributed by atoms with Crippen molar-refractivity contribution < 1.29 is 9.59 Å². The highest BCUT2D eigenvalue weighted by molar-refractivity contribution is 5.97. The summed E-state index contributed by atoms with van der Waals surface area (Å²) in [4.78, 5) is 26.7. The molecule has 0 aliphatic heterocycles. The maximum absolute atomic E-state index is 12.6. The Morgan fingerprint density at radius 1 is 0.800 bits per heavy atom. The molecule has 2 aliphatic rings. The molecule has 0 aromatic rings. The smallest absolute Gasteiger partial charge is 0.232 e. The summed E-state index contributed by atoms with van der Waals surface area (Å²) in [6.45, 7) is 0.765. The fourth-order valence-electron chi connectivity index (χ4n) is 3.60. The molecule has 20 heavy (non-hydrogen) atoms. The lowest BCUT2D eigenvalue weighted by Crippen LogP contribution is -2.46. The third-order valence-electron chi connectivity index (χ3n) is 4.79. The fourth-order valence-corrected chi connectivity index (χ4v) is 3.60. The molecule has 4 heteroatoms. The van der Waals surface area contributed by atoms with Crippen LogP contribution in [0.15, 0.2) is 0 Å². The van der Waals surface area contributed by atoms with Gasteiger partial charge in [0.25, 0.3) is 0 Å². The molecule has 2 N–H and O–H groups in total. The van der Waals surface area contributed by atoms with Gasteiger partial charge in [0.05, 0.1) is 0 Å². The number of nitrogens with zero attached hydrogens (tertiary/aromatic N) is 1. The molecule has 0 unspecified atom stereocenters. The standard InChI is InChI=1S/C16H28N2O2/c17-11-12-18(15(19)13-7-3-1-4-8-13)16(20)14-9-5-2-6-10-14/h13-14H,1-12,17H2. The van der Waals surface area contributed by atoms with Crippen LogP contribution in [0.3, 0.4) is 0 Å². The second kappa shape index (κ2) is 7.77. The number of carbonyl (C=O) groups excluding carboxylic acids is 2. The van der Waals surface area contributed by atoms with Crippen molar-refractivity contribution in [2.24, 2.45) is 17.6 Å². The minimum absolute atomic E-state index is 0.0470. The van der Waals surface area contributed by atoms with Gasteiger partial charge in [-0.1, -0.05) is 38.5 Å². The van der Waals surface area contributed by atoms with E-state index in [0.717, 1.165) is 51.4 Å². The van der Waals surface area contributed by atoms with E-state index < -0.39 is 0 Å². The molecule has 0 aromatic carbocycles. The van der Waals surface area contributed by atoms with Gasteiger partial charge in [0.2, 0.25) is 11.8 Å². The first-order chi connectivity index (χ1) is 9.74. The molecular weight excluding hydrogens is 252 g/mol. The highest BCUT2D eigenvalue weighted by atomic mass is 16.2. The molecule has 2 aliphatic carbocycles. The molecule has 0 heterocycles. The summed E-state index contributed by atoms with van der Waals surface area (Å²) >= 11 is 0. The van der Waals surface area contributed by atoms with Gasteiger partial charge in [0.1, 0.15) is 0 Å². The van der Waals surface area contributed by atoms with Crippen molar-refractivity contribution in [2.45, 2.75) is 64.2 Å². The summed E-state index contributed by atoms with van der Waals surface area (Å²) in [6.07, 6.45) is 10.7. The quantitative estimate of drug-likeness (QED) is 0.805. The predicted octanol–water partition coefficient (Wildman–Crippen LogP) is 2.46. The zero-order valence-corrected chi connectivity index (χ0v) is 12.5. The molecule has 2 rings (SSSR count). The average Bonchev–Trinajstić information content (AvgIpc) is 2.53. The molecule has 2 fully saturated rings. The van der Waals surface area contributed by atoms with E-state index >= 15 is 0 Å². The van der Waals surface area contributed by atoms with E-state index in [4.69, 9.17) is 5.73 Å². The molecule has 0 aromatic heterocycles. The number of rotatable bonds is 4. The summed E-state index contributed by atoms with van der Waals surface area (Å²) in [5, 5.41) is 0. The first-order valence-corrected chi connectivity index (χ1v) is 8.29. The van der Waals surface area contributed by atoms with Gasteiger partial charge in [-0.15, -0.1) is 0 Å². The number of imide groups is 1. The Labute approximate surface area is 122 Å². The van der Waals surface area contributed by atoms with Crippen LogP contribution in [0.1, 0.15) is 64.2 Å². The van der Waals surface area contributed by atoms with Crippen molar-refractivity contribution in [1.82, 2.24) is 4.90 Å². The molecule has 0 radical (unpaired) electrons. The van der Waals surface area contributed by atoms with Gasteiger partial charge in [-0.2, -0.15) is 0 Å². The van der Waals surface area contributed by atoms with Crippen molar-refractivity contribution in [2.75, 3.05) is 13.1 Å². The van der Waals surface area contributed by atoms with Crippen LogP contribution >= 0.6 is 0 Å². The maximum Gasteiger partial charge on any atom is 0.232 e. The van der Waals surface area contributed by atoms with Gasteiger partial charge >= 0.3 is 0 Å². The second-order valence-corrected chi connectivity index (χ2v) is 6.29. The van der Waals surface area contributed by atoms with Crippen molar-refractivity contribution in [1.29, 1.82) is 0 Å². The SMILES string of the molecule is NCCN(C(=O)C1CCCCC1)C(=O)C1CCCCC1. The number of nitrogens with two attached hydrogens (primary N) is 1. The largest absolute Gasteiger partial charge is 0.329 e. The zero-order valence-electron chi connectivity index (χ0n) is 12.5. The van der Waals surface area contributed by atoms with Crippen molar-refractivity contribution in [3.05, 3.63) is 0 Å². The summed E-state index contributed by atoms with van der Waals surface area (Å²) < 4.78 is 0. The third-order valence-corrected chi connectivity index (χ3v) is 4.79. The van der Waals surface area contributed by atoms with E-state index in [1.54, 1.807) is 0 Å². The van der Waals surface area contributed by atoms with Gasteiger partial charge < -0.3 is 5.73 Å². The number of hydrogen-bond donors (Lipinski definition) is 1. The molecule has 2 saturated carbocycles. The minimum atomic E-state index is 0.0470. The van der Waals surface area contributed by atoms with Crippen LogP contribution in [0.2, 0.25) is 0 Å². The molecular formula is C16H28N2O2. The Balaban J connectivity index is 2.00. The second-order valence-electron chi connectivity index (χ2n) is 6.29. The van der Waals surface area contributed by atoms with Crippen LogP contribution in [0.25, 0.3) is 0 Å². The normalized spacial score (nSPS) is 21.6. The van der Waals surface area contributed by atoms with Gasteiger partial charge in [-0.3, -0.25) is 14.5 Å². The summed E-state index contributed by atoms with van der Waals surface area (Å²) in [5.74, 6) is 0.210. The Kier molecular flexibility index (Phi) is 6.02. The van der Waals surface area contributed by atoms with E-state index in [1.165, 1.54) is 17.7 Å². The average molecular weight is 280 g/mol. The lowest BCUT2D eigenvalue weighted by Gasteiger charge is -2.31. The highest BCUT2D eigenvalue weighted by Crippen LogP contribution is 2.29. The molecule has 0 spiro atoms. The maximum atomic E-state index is 12.6. The van der Waals surface area contributed by atoms with E-state index in [2.05, 4.69) is 0 Å². The Bertz CT molecular complexity index is 301. The molecule has 0 saturated heterocycles. The third kappa shape index (κ3) is 3.81. The van der Waals surface area contributed by atoms with E-state index in [1.807, 2.05) is 0 Å². The summed E-state index contributed by atoms with van der Waals surface area (Å²) in [6, 6.07) is 0. The van der Waals surface area contributed by atoms with Crippen LogP contribution in [-0.4, -0.2) is 29.8 Å². The van der Waals surface area contributed by atoms with Crippen molar-refractivity contribution in [3.8, 4) is 0 Å². The van der Waals surface area contributed by atoms with Gasteiger partial charge in [-0.05, 0) is 25.7 Å². The van der Waals surface area contributed by atoms with Gasteiger partial charge in [0, 0.05) is 24.9 Å². The molecule has 2 amide bonds. The van der Waals surface area contributed by atoms with Crippen LogP contribution < -0.4 is 5.73 Å². The van der Waals surface area contributed by atoms with Crippen LogP contribution in [0, 0.1) is 11.8 Å². The monoisotopic (exact) mass is 280 g/mol. The van der Waals surface area contributed by atoms with E-state index in [0.29, 0.717) is 13.1 Å². The lowest BCUT2D eigenvalue weighted by molar-refractivity contribution is -0.151. The highest BCUT2D eigenvalue weighted by Gasteiger charge is 2.33. The predicted molar refractivity (Wildman–Crippen MR) is 78.9 cm³/mol. The van der Waals surface area contributed by atoms with Crippen molar-refractivity contribution in [3.63, 3.8) is 0 Å². The van der Waals surface area contributed by atoms with Crippen LogP contribution in [-0.2, 0) is 9.59 Å². The number of carbonyl (C=O) groups is 2. The first-order valence-electron chi connectivity index (χ1n) is 8.29. The lowest BCUT2D eigenvalue weighted by atomic mass is 9.86. The molecule has 0 bridgehead atoms. The van der Waals surface area contributed by atoms with E-state index in [-0.39, 0.29) is 23.7 Å². The molecule has 114 valence electrons. The van der Waals surface area contributed by atoms with Crippen molar-refractivity contribution >= 4 is 11.8 Å². The Morgan fingerprint density at radius 2 is 1.20 bits per heavy atom. The minimum Gasteiger partial charge on any atom is -0.329 e. The van der Waals surface area contributed by atoms with Gasteiger partial charge in [-0.25, -0.2) is 0 Å².